The number of carbonyl (C=O) groups excluding carboxylic acids is 1. The molecule has 2 aromatic carbocycles. The number of benzene rings is 2. The molecule has 0 saturated heterocycles. The van der Waals surface area contributed by atoms with Gasteiger partial charge in [-0.15, -0.1) is 0 Å². The zero-order chi connectivity index (χ0) is 18.4. The van der Waals surface area contributed by atoms with Gasteiger partial charge in [-0.05, 0) is 49.3 Å². The Bertz CT molecular complexity index is 888. The van der Waals surface area contributed by atoms with Gasteiger partial charge in [-0.25, -0.2) is 8.78 Å². The highest BCUT2D eigenvalue weighted by atomic mass is 32.2. The highest BCUT2D eigenvalue weighted by molar-refractivity contribution is 7.90. The summed E-state index contributed by atoms with van der Waals surface area (Å²) in [5.41, 5.74) is -0.705. The average molecular weight is 362 g/mol. The van der Waals surface area contributed by atoms with Crippen molar-refractivity contribution >= 4 is 28.3 Å². The second kappa shape index (κ2) is 6.28. The predicted octanol–water partition coefficient (Wildman–Crippen LogP) is 3.95. The van der Waals surface area contributed by atoms with Gasteiger partial charge < -0.3 is 9.29 Å². The Morgan fingerprint density at radius 3 is 2.36 bits per heavy atom. The SMILES string of the molecule is C[S+]([O-])c1ccc(C2=C(c3ccccc3F)C(=O)C(C)(C)O2)cc1F. The molecule has 0 spiro atoms. The van der Waals surface area contributed by atoms with Crippen LogP contribution >= 0.6 is 0 Å². The van der Waals surface area contributed by atoms with Gasteiger partial charge in [0, 0.05) is 11.1 Å². The van der Waals surface area contributed by atoms with Crippen molar-refractivity contribution in [3.63, 3.8) is 0 Å². The number of hydrogen-bond donors (Lipinski definition) is 0. The Morgan fingerprint density at radius 2 is 1.76 bits per heavy atom. The molecule has 1 aliphatic rings. The number of Topliss-reactive ketones (excluding diaryl/α,β-unsaturated/α-hetero) is 1. The molecule has 130 valence electrons. The molecular weight excluding hydrogens is 346 g/mol. The number of ketones is 1. The minimum atomic E-state index is -1.48. The van der Waals surface area contributed by atoms with Crippen molar-refractivity contribution in [2.75, 3.05) is 6.26 Å². The Labute approximate surface area is 147 Å². The molecule has 1 aliphatic heterocycles. The molecule has 0 N–H and O–H groups in total. The van der Waals surface area contributed by atoms with Crippen molar-refractivity contribution in [2.24, 2.45) is 0 Å². The number of hydrogen-bond acceptors (Lipinski definition) is 3. The molecule has 6 heteroatoms. The Morgan fingerprint density at radius 1 is 1.08 bits per heavy atom. The molecule has 3 nitrogen and oxygen atoms in total. The van der Waals surface area contributed by atoms with Crippen molar-refractivity contribution in [1.29, 1.82) is 0 Å². The lowest BCUT2D eigenvalue weighted by Crippen LogP contribution is -2.29. The van der Waals surface area contributed by atoms with Gasteiger partial charge in [-0.1, -0.05) is 18.2 Å². The molecule has 2 aromatic rings. The standard InChI is InChI=1S/C19H16F2O3S/c1-19(2)18(22)16(12-6-4-5-7-13(12)20)17(24-19)11-8-9-15(25(3)23)14(21)10-11/h4-10H,1-3H3. The zero-order valence-corrected chi connectivity index (χ0v) is 14.7. The first kappa shape index (κ1) is 17.6. The van der Waals surface area contributed by atoms with E-state index < -0.39 is 28.4 Å². The fourth-order valence-corrected chi connectivity index (χ4v) is 3.34. The second-order valence-electron chi connectivity index (χ2n) is 6.22. The average Bonchev–Trinajstić information content (AvgIpc) is 2.78. The molecule has 0 aliphatic carbocycles. The van der Waals surface area contributed by atoms with Crippen LogP contribution in [0, 0.1) is 11.6 Å². The van der Waals surface area contributed by atoms with E-state index in [-0.39, 0.29) is 27.6 Å². The predicted molar refractivity (Wildman–Crippen MR) is 92.1 cm³/mol. The Hall–Kier alpha value is -2.18. The topological polar surface area (TPSA) is 49.4 Å². The lowest BCUT2D eigenvalue weighted by atomic mass is 9.92. The molecular formula is C19H16F2O3S. The van der Waals surface area contributed by atoms with Crippen LogP contribution in [0.4, 0.5) is 8.78 Å². The molecule has 0 saturated carbocycles. The van der Waals surface area contributed by atoms with E-state index in [2.05, 4.69) is 0 Å². The summed E-state index contributed by atoms with van der Waals surface area (Å²) in [7, 11) is 0. The van der Waals surface area contributed by atoms with Gasteiger partial charge in [0.2, 0.25) is 5.78 Å². The first-order valence-electron chi connectivity index (χ1n) is 7.58. The number of ether oxygens (including phenoxy) is 1. The van der Waals surface area contributed by atoms with Crippen LogP contribution < -0.4 is 0 Å². The van der Waals surface area contributed by atoms with E-state index in [1.54, 1.807) is 19.9 Å². The summed E-state index contributed by atoms with van der Waals surface area (Å²) in [4.78, 5) is 12.8. The van der Waals surface area contributed by atoms with Crippen molar-refractivity contribution in [1.82, 2.24) is 0 Å². The monoisotopic (exact) mass is 362 g/mol. The van der Waals surface area contributed by atoms with Crippen LogP contribution in [0.1, 0.15) is 25.0 Å². The molecule has 0 aromatic heterocycles. The van der Waals surface area contributed by atoms with E-state index in [1.165, 1.54) is 36.6 Å². The molecule has 0 amide bonds. The molecule has 1 unspecified atom stereocenters. The van der Waals surface area contributed by atoms with Crippen molar-refractivity contribution in [3.8, 4) is 0 Å². The minimum absolute atomic E-state index is 0.0559. The maximum absolute atomic E-state index is 14.2. The summed E-state index contributed by atoms with van der Waals surface area (Å²) in [5, 5.41) is 0. The normalized spacial score (nSPS) is 17.6. The first-order chi connectivity index (χ1) is 11.7. The lowest BCUT2D eigenvalue weighted by molar-refractivity contribution is -0.125. The van der Waals surface area contributed by atoms with Crippen LogP contribution in [0.25, 0.3) is 11.3 Å². The molecule has 1 heterocycles. The van der Waals surface area contributed by atoms with Gasteiger partial charge in [0.1, 0.15) is 17.8 Å². The van der Waals surface area contributed by atoms with E-state index >= 15 is 0 Å². The second-order valence-corrected chi connectivity index (χ2v) is 7.57. The third kappa shape index (κ3) is 3.07. The summed E-state index contributed by atoms with van der Waals surface area (Å²) >= 11 is -1.48. The number of carbonyl (C=O) groups is 1. The number of halogens is 2. The van der Waals surface area contributed by atoms with Crippen LogP contribution in [-0.4, -0.2) is 22.2 Å². The van der Waals surface area contributed by atoms with Crippen LogP contribution in [-0.2, 0) is 20.7 Å². The Balaban J connectivity index is 2.21. The highest BCUT2D eigenvalue weighted by Crippen LogP contribution is 2.42. The fourth-order valence-electron chi connectivity index (χ4n) is 2.74. The van der Waals surface area contributed by atoms with Crippen LogP contribution in [0.3, 0.4) is 0 Å². The van der Waals surface area contributed by atoms with E-state index in [0.717, 1.165) is 6.07 Å². The van der Waals surface area contributed by atoms with Crippen LogP contribution in [0.15, 0.2) is 47.4 Å². The van der Waals surface area contributed by atoms with Crippen LogP contribution in [0.2, 0.25) is 0 Å². The van der Waals surface area contributed by atoms with Crippen LogP contribution in [0.5, 0.6) is 0 Å². The molecule has 0 bridgehead atoms. The first-order valence-corrected chi connectivity index (χ1v) is 9.14. The molecule has 0 fully saturated rings. The maximum Gasteiger partial charge on any atom is 0.210 e. The zero-order valence-electron chi connectivity index (χ0n) is 13.9. The van der Waals surface area contributed by atoms with Gasteiger partial charge in [0.15, 0.2) is 16.3 Å². The highest BCUT2D eigenvalue weighted by Gasteiger charge is 2.43. The largest absolute Gasteiger partial charge is 0.612 e. The van der Waals surface area contributed by atoms with Crippen molar-refractivity contribution in [3.05, 3.63) is 65.2 Å². The number of rotatable bonds is 3. The van der Waals surface area contributed by atoms with E-state index in [9.17, 15) is 18.1 Å². The summed E-state index contributed by atoms with van der Waals surface area (Å²) in [5.74, 6) is -1.49. The van der Waals surface area contributed by atoms with Crippen molar-refractivity contribution < 1.29 is 22.9 Å². The molecule has 0 radical (unpaired) electrons. The third-order valence-corrected chi connectivity index (χ3v) is 4.96. The van der Waals surface area contributed by atoms with Gasteiger partial charge in [0.05, 0.1) is 5.57 Å². The lowest BCUT2D eigenvalue weighted by Gasteiger charge is -2.18. The molecule has 25 heavy (non-hydrogen) atoms. The van der Waals surface area contributed by atoms with E-state index in [1.807, 2.05) is 0 Å². The fraction of sp³-hybridized carbons (Fsp3) is 0.211. The quantitative estimate of drug-likeness (QED) is 0.777. The van der Waals surface area contributed by atoms with E-state index in [0.29, 0.717) is 5.56 Å². The summed E-state index contributed by atoms with van der Waals surface area (Å²) in [6, 6.07) is 9.93. The van der Waals surface area contributed by atoms with E-state index in [4.69, 9.17) is 4.74 Å². The molecule has 1 atom stereocenters. The van der Waals surface area contributed by atoms with Gasteiger partial charge >= 0.3 is 0 Å². The minimum Gasteiger partial charge on any atom is -0.612 e. The van der Waals surface area contributed by atoms with Gasteiger partial charge in [0.25, 0.3) is 0 Å². The third-order valence-electron chi connectivity index (χ3n) is 4.01. The van der Waals surface area contributed by atoms with Gasteiger partial charge in [-0.2, -0.15) is 0 Å². The summed E-state index contributed by atoms with van der Waals surface area (Å²) < 4.78 is 45.7. The summed E-state index contributed by atoms with van der Waals surface area (Å²) in [6.45, 7) is 3.16. The van der Waals surface area contributed by atoms with Crippen molar-refractivity contribution in [2.45, 2.75) is 24.3 Å². The maximum atomic E-state index is 14.2. The smallest absolute Gasteiger partial charge is 0.210 e. The summed E-state index contributed by atoms with van der Waals surface area (Å²) in [6.07, 6.45) is 1.38. The molecule has 3 rings (SSSR count). The van der Waals surface area contributed by atoms with Gasteiger partial charge in [-0.3, -0.25) is 4.79 Å². The Kier molecular flexibility index (Phi) is 4.43.